The number of carboxylic acid groups (broad SMARTS) is 1. The van der Waals surface area contributed by atoms with Crippen molar-refractivity contribution in [1.29, 1.82) is 0 Å². The number of halogens is 4. The van der Waals surface area contributed by atoms with Crippen LogP contribution in [-0.2, 0) is 9.47 Å². The minimum atomic E-state index is -1.41. The van der Waals surface area contributed by atoms with Crippen LogP contribution in [0.2, 0.25) is 20.2 Å². The number of aromatic carboxylic acids is 1. The average Bonchev–Trinajstić information content (AvgIpc) is 3.64. The van der Waals surface area contributed by atoms with Crippen molar-refractivity contribution < 1.29 is 44.1 Å². The summed E-state index contributed by atoms with van der Waals surface area (Å²) in [4.78, 5) is 68.4. The lowest BCUT2D eigenvalue weighted by atomic mass is 9.81. The van der Waals surface area contributed by atoms with Gasteiger partial charge in [-0.25, -0.2) is 44.3 Å². The fourth-order valence-corrected chi connectivity index (χ4v) is 8.07. The zero-order valence-electron chi connectivity index (χ0n) is 47.8. The Morgan fingerprint density at radius 2 is 0.759 bits per heavy atom. The van der Waals surface area contributed by atoms with Crippen molar-refractivity contribution in [3.8, 4) is 22.5 Å². The number of carboxylic acids is 1. The number of hydrogen-bond acceptors (Lipinski definition) is 17. The van der Waals surface area contributed by atoms with Crippen molar-refractivity contribution in [3.63, 3.8) is 0 Å². The molecule has 4 N–H and O–H groups in total. The fraction of sp³-hybridized carbons (Fsp3) is 0.250. The number of aromatic nitrogens is 6. The summed E-state index contributed by atoms with van der Waals surface area (Å²) in [5.41, 5.74) is 8.70. The van der Waals surface area contributed by atoms with E-state index < -0.39 is 25.0 Å². The molecule has 0 aliphatic heterocycles. The first-order valence-corrected chi connectivity index (χ1v) is 27.2. The zero-order valence-corrected chi connectivity index (χ0v) is 50.8. The Kier molecular flexibility index (Phi) is 24.3. The van der Waals surface area contributed by atoms with Crippen LogP contribution in [0.5, 0.6) is 0 Å². The standard InChI is InChI=1S/C20H20ClN3O2.C19H18ClN3O2.C14H16ClN3O2.C6H6BClO2.CH4O/c1-12(2)24(3)19-18(13-5-8-15(21)9-6-13)22-16-10-7-14(20(25)26-4)11-17(16)23-19;1-11(2)23(3)18-17(12-4-7-14(20)8-5-12)21-15-9-6-13(19(24)25)10-16(15)22-18;1-8(2)18(3)13-12(15)16-10-6-5-9(14(19)20-4)7-11(10)17-13;8-6-3-1-5(2-4-6)7(9)10;1-2/h5-12H,1-4H3;4-11H,1-3H3,(H,24,25);5-8H,1-4H3;1-4,9-10H;2H,1H3. The molecule has 0 saturated carbocycles. The van der Waals surface area contributed by atoms with Crippen molar-refractivity contribution in [2.45, 2.75) is 59.7 Å². The van der Waals surface area contributed by atoms with Crippen LogP contribution in [-0.4, -0.2) is 136 Å². The largest absolute Gasteiger partial charge is 0.488 e. The third-order valence-corrected chi connectivity index (χ3v) is 13.7. The zero-order chi connectivity index (χ0) is 61.4. The SMILES string of the molecule is CC(C)N(C)c1nc2cc(C(=O)O)ccc2nc1-c1ccc(Cl)cc1.CO.COC(=O)c1ccc2nc(-c3ccc(Cl)cc3)c(N(C)C(C)C)nc2c1.COC(=O)c1ccc2nc(Cl)c(N(C)C(C)C)nc2c1.OB(O)c1ccc(Cl)cc1. The monoisotopic (exact) mass is 1210 g/mol. The maximum Gasteiger partial charge on any atom is 0.488 e. The van der Waals surface area contributed by atoms with Crippen LogP contribution in [0.25, 0.3) is 55.6 Å². The number of anilines is 3. The number of ether oxygens (including phenoxy) is 2. The predicted octanol–water partition coefficient (Wildman–Crippen LogP) is 11.6. The van der Waals surface area contributed by atoms with Crippen molar-refractivity contribution in [3.05, 3.63) is 164 Å². The molecule has 0 atom stereocenters. The molecule has 23 heteroatoms. The van der Waals surface area contributed by atoms with Crippen LogP contribution >= 0.6 is 46.4 Å². The van der Waals surface area contributed by atoms with Gasteiger partial charge in [0.05, 0.1) is 64.0 Å². The first-order chi connectivity index (χ1) is 39.4. The van der Waals surface area contributed by atoms with Gasteiger partial charge in [0.1, 0.15) is 11.4 Å². The fourth-order valence-electron chi connectivity index (χ4n) is 7.42. The second-order valence-electron chi connectivity index (χ2n) is 19.1. The van der Waals surface area contributed by atoms with Crippen molar-refractivity contribution in [1.82, 2.24) is 29.9 Å². The molecular weight excluding hydrogens is 1140 g/mol. The highest BCUT2D eigenvalue weighted by atomic mass is 35.5. The van der Waals surface area contributed by atoms with Gasteiger partial charge in [-0.1, -0.05) is 82.8 Å². The predicted molar refractivity (Wildman–Crippen MR) is 334 cm³/mol. The van der Waals surface area contributed by atoms with E-state index in [1.54, 1.807) is 72.8 Å². The van der Waals surface area contributed by atoms with Crippen LogP contribution in [0.4, 0.5) is 17.5 Å². The van der Waals surface area contributed by atoms with E-state index in [9.17, 15) is 19.5 Å². The molecule has 6 aromatic carbocycles. The first kappa shape index (κ1) is 66.1. The Morgan fingerprint density at radius 3 is 1.10 bits per heavy atom. The lowest BCUT2D eigenvalue weighted by molar-refractivity contribution is 0.0592. The Labute approximate surface area is 502 Å². The summed E-state index contributed by atoms with van der Waals surface area (Å²) in [6, 6.07) is 37.0. The highest BCUT2D eigenvalue weighted by Gasteiger charge is 2.21. The molecule has 9 rings (SSSR count). The summed E-state index contributed by atoms with van der Waals surface area (Å²) in [7, 11) is 8.12. The van der Waals surface area contributed by atoms with Crippen LogP contribution in [0.3, 0.4) is 0 Å². The Hall–Kier alpha value is -7.75. The minimum absolute atomic E-state index is 0.194. The van der Waals surface area contributed by atoms with Gasteiger partial charge in [-0.3, -0.25) is 0 Å². The molecule has 0 fully saturated rings. The van der Waals surface area contributed by atoms with Gasteiger partial charge >= 0.3 is 25.0 Å². The van der Waals surface area contributed by atoms with Gasteiger partial charge in [-0.15, -0.1) is 0 Å². The van der Waals surface area contributed by atoms with E-state index in [-0.39, 0.29) is 23.7 Å². The summed E-state index contributed by atoms with van der Waals surface area (Å²) in [6.45, 7) is 12.4. The van der Waals surface area contributed by atoms with E-state index in [0.29, 0.717) is 81.5 Å². The van der Waals surface area contributed by atoms with Crippen molar-refractivity contribution in [2.24, 2.45) is 0 Å². The van der Waals surface area contributed by atoms with E-state index in [2.05, 4.69) is 42.6 Å². The molecule has 0 unspecified atom stereocenters. The summed E-state index contributed by atoms with van der Waals surface area (Å²) in [5.74, 6) is 0.265. The number of nitrogens with zero attached hydrogens (tertiary/aromatic N) is 9. The maximum atomic E-state index is 11.8. The molecule has 434 valence electrons. The molecule has 0 aliphatic carbocycles. The maximum absolute atomic E-state index is 11.8. The lowest BCUT2D eigenvalue weighted by Gasteiger charge is -2.25. The smallest absolute Gasteiger partial charge is 0.478 e. The molecular formula is C60H64BCl4N9O9. The third kappa shape index (κ3) is 17.4. The highest BCUT2D eigenvalue weighted by Crippen LogP contribution is 2.33. The number of rotatable bonds is 12. The van der Waals surface area contributed by atoms with Gasteiger partial charge in [-0.05, 0) is 138 Å². The first-order valence-electron chi connectivity index (χ1n) is 25.7. The van der Waals surface area contributed by atoms with Crippen LogP contribution in [0.1, 0.15) is 72.6 Å². The molecule has 18 nitrogen and oxygen atoms in total. The third-order valence-electron chi connectivity index (χ3n) is 12.7. The molecule has 0 aliphatic rings. The van der Waals surface area contributed by atoms with E-state index in [4.69, 9.17) is 91.0 Å². The molecule has 3 heterocycles. The van der Waals surface area contributed by atoms with Crippen molar-refractivity contribution in [2.75, 3.05) is 57.2 Å². The molecule has 9 aromatic rings. The van der Waals surface area contributed by atoms with Gasteiger partial charge in [-0.2, -0.15) is 0 Å². The molecule has 0 saturated heterocycles. The lowest BCUT2D eigenvalue weighted by Crippen LogP contribution is -2.29. The number of aliphatic hydroxyl groups is 1. The quantitative estimate of drug-likeness (QED) is 0.0657. The average molecular weight is 1210 g/mol. The Balaban J connectivity index is 0.000000209. The number of hydrogen-bond donors (Lipinski definition) is 4. The number of esters is 2. The van der Waals surface area contributed by atoms with Crippen LogP contribution in [0, 0.1) is 0 Å². The molecule has 0 radical (unpaired) electrons. The van der Waals surface area contributed by atoms with Crippen molar-refractivity contribution >= 4 is 127 Å². The van der Waals surface area contributed by atoms with Gasteiger partial charge in [0, 0.05) is 72.6 Å². The normalized spacial score (nSPS) is 10.6. The summed E-state index contributed by atoms with van der Waals surface area (Å²) in [5, 5.41) is 35.7. The molecule has 3 aromatic heterocycles. The molecule has 0 spiro atoms. The number of aliphatic hydroxyl groups excluding tert-OH is 1. The van der Waals surface area contributed by atoms with E-state index in [1.807, 2.05) is 93.3 Å². The number of carbonyl (C=O) groups excluding carboxylic acids is 2. The highest BCUT2D eigenvalue weighted by molar-refractivity contribution is 6.58. The number of methoxy groups -OCH3 is 2. The number of carbonyl (C=O) groups is 3. The summed E-state index contributed by atoms with van der Waals surface area (Å²) < 4.78 is 9.50. The Morgan fingerprint density at radius 1 is 0.446 bits per heavy atom. The van der Waals surface area contributed by atoms with Gasteiger partial charge in [0.25, 0.3) is 0 Å². The van der Waals surface area contributed by atoms with Gasteiger partial charge < -0.3 is 44.4 Å². The Bertz CT molecular complexity index is 3680. The van der Waals surface area contributed by atoms with E-state index >= 15 is 0 Å². The minimum Gasteiger partial charge on any atom is -0.478 e. The van der Waals surface area contributed by atoms with E-state index in [0.717, 1.165) is 35.4 Å². The van der Waals surface area contributed by atoms with Gasteiger partial charge in [0.2, 0.25) is 0 Å². The molecule has 0 bridgehead atoms. The number of benzene rings is 6. The van der Waals surface area contributed by atoms with E-state index in [1.165, 1.54) is 20.3 Å². The van der Waals surface area contributed by atoms with Gasteiger partial charge in [0.15, 0.2) is 22.6 Å². The molecule has 0 amide bonds. The molecule has 83 heavy (non-hydrogen) atoms. The summed E-state index contributed by atoms with van der Waals surface area (Å²) in [6.07, 6.45) is 0. The van der Waals surface area contributed by atoms with Crippen LogP contribution in [0.15, 0.2) is 127 Å². The summed E-state index contributed by atoms with van der Waals surface area (Å²) >= 11 is 23.7. The second kappa shape index (κ2) is 30.5. The van der Waals surface area contributed by atoms with Crippen LogP contribution < -0.4 is 20.2 Å². The number of fused-ring (bicyclic) bond motifs is 3. The topological polar surface area (TPSA) is 238 Å². The second-order valence-corrected chi connectivity index (χ2v) is 20.7.